The Morgan fingerprint density at radius 3 is 2.33 bits per heavy atom. The summed E-state index contributed by atoms with van der Waals surface area (Å²) in [6.07, 6.45) is -4.69. The van der Waals surface area contributed by atoms with Crippen molar-refractivity contribution in [1.29, 1.82) is 0 Å². The lowest BCUT2D eigenvalue weighted by Crippen LogP contribution is -2.07. The number of rotatable bonds is 1. The Bertz CT molecular complexity index is 421. The van der Waals surface area contributed by atoms with E-state index >= 15 is 0 Å². The van der Waals surface area contributed by atoms with Gasteiger partial charge >= 0.3 is 6.18 Å². The third kappa shape index (κ3) is 2.71. The number of benzene rings is 1. The molecule has 0 saturated carbocycles. The molecule has 8 heteroatoms. The van der Waals surface area contributed by atoms with Crippen LogP contribution in [0.3, 0.4) is 0 Å². The van der Waals surface area contributed by atoms with Gasteiger partial charge in [0.2, 0.25) is 0 Å². The molecule has 3 nitrogen and oxygen atoms in total. The van der Waals surface area contributed by atoms with Crippen LogP contribution in [-0.4, -0.2) is 4.92 Å². The van der Waals surface area contributed by atoms with Crippen molar-refractivity contribution < 1.29 is 18.1 Å². The van der Waals surface area contributed by atoms with Crippen LogP contribution in [-0.2, 0) is 6.18 Å². The van der Waals surface area contributed by atoms with E-state index < -0.39 is 27.4 Å². The molecule has 0 spiro atoms. The largest absolute Gasteiger partial charge is 0.418 e. The third-order valence-electron chi connectivity index (χ3n) is 1.54. The second kappa shape index (κ2) is 4.12. The summed E-state index contributed by atoms with van der Waals surface area (Å²) in [4.78, 5) is 9.52. The molecule has 1 rings (SSSR count). The summed E-state index contributed by atoms with van der Waals surface area (Å²) >= 11 is 6.90. The molecule has 0 heterocycles. The van der Waals surface area contributed by atoms with Gasteiger partial charge in [0.25, 0.3) is 5.69 Å². The van der Waals surface area contributed by atoms with Crippen LogP contribution >= 0.6 is 34.2 Å². The molecule has 0 aliphatic carbocycles. The van der Waals surface area contributed by atoms with E-state index in [0.717, 1.165) is 6.07 Å². The third-order valence-corrected chi connectivity index (χ3v) is 2.72. The Labute approximate surface area is 101 Å². The first-order chi connectivity index (χ1) is 6.73. The summed E-state index contributed by atoms with van der Waals surface area (Å²) in [5.74, 6) is 0. The second-order valence-corrected chi connectivity index (χ2v) is 4.11. The van der Waals surface area contributed by atoms with Crippen molar-refractivity contribution in [3.63, 3.8) is 0 Å². The summed E-state index contributed by atoms with van der Waals surface area (Å²) in [6.45, 7) is 0. The molecule has 0 aromatic heterocycles. The predicted molar refractivity (Wildman–Crippen MR) is 55.8 cm³/mol. The fourth-order valence-corrected chi connectivity index (χ4v) is 2.01. The Morgan fingerprint density at radius 2 is 1.93 bits per heavy atom. The quantitative estimate of drug-likeness (QED) is 0.438. The van der Waals surface area contributed by atoms with E-state index in [2.05, 4.69) is 0 Å². The molecule has 0 atom stereocenters. The maximum absolute atomic E-state index is 12.3. The SMILES string of the molecule is O=[N+]([O-])c1cc(C(F)(F)F)c(Cl)cc1I. The monoisotopic (exact) mass is 351 g/mol. The van der Waals surface area contributed by atoms with Crippen LogP contribution in [0.25, 0.3) is 0 Å². The second-order valence-electron chi connectivity index (χ2n) is 2.54. The fourth-order valence-electron chi connectivity index (χ4n) is 0.895. The van der Waals surface area contributed by atoms with Crippen molar-refractivity contribution in [3.05, 3.63) is 36.4 Å². The standard InChI is InChI=1S/C7H2ClF3INO2/c8-4-2-5(12)6(13(14)15)1-3(4)7(9,10)11/h1-2H. The summed E-state index contributed by atoms with van der Waals surface area (Å²) in [7, 11) is 0. The molecule has 1 aromatic carbocycles. The highest BCUT2D eigenvalue weighted by molar-refractivity contribution is 14.1. The van der Waals surface area contributed by atoms with Gasteiger partial charge in [-0.05, 0) is 28.7 Å². The van der Waals surface area contributed by atoms with Gasteiger partial charge in [0.1, 0.15) is 0 Å². The predicted octanol–water partition coefficient (Wildman–Crippen LogP) is 3.87. The van der Waals surface area contributed by atoms with Crippen LogP contribution < -0.4 is 0 Å². The highest BCUT2D eigenvalue weighted by atomic mass is 127. The normalized spacial score (nSPS) is 11.5. The van der Waals surface area contributed by atoms with Gasteiger partial charge in [-0.3, -0.25) is 10.1 Å². The van der Waals surface area contributed by atoms with Crippen molar-refractivity contribution in [2.75, 3.05) is 0 Å². The molecule has 0 N–H and O–H groups in total. The molecular weight excluding hydrogens is 349 g/mol. The number of halogens is 5. The average molecular weight is 351 g/mol. The summed E-state index contributed by atoms with van der Waals surface area (Å²) in [6, 6.07) is 1.35. The van der Waals surface area contributed by atoms with Crippen molar-refractivity contribution in [2.24, 2.45) is 0 Å². The Hall–Kier alpha value is -0.570. The van der Waals surface area contributed by atoms with Gasteiger partial charge in [-0.1, -0.05) is 11.6 Å². The average Bonchev–Trinajstić information content (AvgIpc) is 2.00. The fraction of sp³-hybridized carbons (Fsp3) is 0.143. The maximum Gasteiger partial charge on any atom is 0.418 e. The van der Waals surface area contributed by atoms with Gasteiger partial charge in [-0.2, -0.15) is 13.2 Å². The minimum atomic E-state index is -4.69. The molecular formula is C7H2ClF3INO2. The van der Waals surface area contributed by atoms with Gasteiger partial charge < -0.3 is 0 Å². The van der Waals surface area contributed by atoms with E-state index in [4.69, 9.17) is 11.6 Å². The lowest BCUT2D eigenvalue weighted by Gasteiger charge is -2.08. The van der Waals surface area contributed by atoms with Gasteiger partial charge in [0.15, 0.2) is 0 Å². The van der Waals surface area contributed by atoms with Crippen molar-refractivity contribution >= 4 is 39.9 Å². The van der Waals surface area contributed by atoms with E-state index in [-0.39, 0.29) is 3.57 Å². The molecule has 15 heavy (non-hydrogen) atoms. The molecule has 0 unspecified atom stereocenters. The lowest BCUT2D eigenvalue weighted by atomic mass is 10.2. The Balaban J connectivity index is 3.43. The number of hydrogen-bond donors (Lipinski definition) is 0. The Morgan fingerprint density at radius 1 is 1.40 bits per heavy atom. The zero-order valence-corrected chi connectivity index (χ0v) is 9.72. The van der Waals surface area contributed by atoms with Crippen molar-refractivity contribution in [1.82, 2.24) is 0 Å². The van der Waals surface area contributed by atoms with E-state index in [1.165, 1.54) is 0 Å². The minimum Gasteiger partial charge on any atom is -0.258 e. The van der Waals surface area contributed by atoms with Crippen LogP contribution in [0.4, 0.5) is 18.9 Å². The number of nitro groups is 1. The van der Waals surface area contributed by atoms with Crippen molar-refractivity contribution in [2.45, 2.75) is 6.18 Å². The number of hydrogen-bond acceptors (Lipinski definition) is 2. The summed E-state index contributed by atoms with van der Waals surface area (Å²) < 4.78 is 37.0. The zero-order valence-electron chi connectivity index (χ0n) is 6.81. The molecule has 0 fully saturated rings. The summed E-state index contributed by atoms with van der Waals surface area (Å²) in [5.41, 5.74) is -1.80. The van der Waals surface area contributed by atoms with Crippen LogP contribution in [0.15, 0.2) is 12.1 Å². The van der Waals surface area contributed by atoms with E-state index in [9.17, 15) is 23.3 Å². The van der Waals surface area contributed by atoms with E-state index in [0.29, 0.717) is 6.07 Å². The first kappa shape index (κ1) is 12.5. The number of nitro benzene ring substituents is 1. The molecule has 82 valence electrons. The molecule has 0 aliphatic rings. The van der Waals surface area contributed by atoms with Crippen LogP contribution in [0.5, 0.6) is 0 Å². The van der Waals surface area contributed by atoms with E-state index in [1.54, 1.807) is 22.6 Å². The first-order valence-electron chi connectivity index (χ1n) is 3.44. The Kier molecular flexibility index (Phi) is 3.44. The molecule has 0 saturated heterocycles. The smallest absolute Gasteiger partial charge is 0.258 e. The number of alkyl halides is 3. The number of nitrogens with zero attached hydrogens (tertiary/aromatic N) is 1. The highest BCUT2D eigenvalue weighted by Crippen LogP contribution is 2.38. The van der Waals surface area contributed by atoms with Gasteiger partial charge in [-0.25, -0.2) is 0 Å². The minimum absolute atomic E-state index is 0.0654. The molecule has 0 aliphatic heterocycles. The topological polar surface area (TPSA) is 43.1 Å². The lowest BCUT2D eigenvalue weighted by molar-refractivity contribution is -0.386. The van der Waals surface area contributed by atoms with E-state index in [1.807, 2.05) is 0 Å². The molecule has 0 amide bonds. The van der Waals surface area contributed by atoms with Crippen LogP contribution in [0.2, 0.25) is 5.02 Å². The van der Waals surface area contributed by atoms with Crippen LogP contribution in [0, 0.1) is 13.7 Å². The molecule has 1 aromatic rings. The van der Waals surface area contributed by atoms with Crippen molar-refractivity contribution in [3.8, 4) is 0 Å². The van der Waals surface area contributed by atoms with Gasteiger partial charge in [0, 0.05) is 6.07 Å². The first-order valence-corrected chi connectivity index (χ1v) is 4.90. The zero-order chi connectivity index (χ0) is 11.8. The highest BCUT2D eigenvalue weighted by Gasteiger charge is 2.35. The maximum atomic E-state index is 12.3. The molecule has 0 bridgehead atoms. The van der Waals surface area contributed by atoms with Gasteiger partial charge in [0.05, 0.1) is 19.1 Å². The molecule has 0 radical (unpaired) electrons. The summed E-state index contributed by atoms with van der Waals surface area (Å²) in [5, 5.41) is 9.86. The van der Waals surface area contributed by atoms with Gasteiger partial charge in [-0.15, -0.1) is 0 Å². The van der Waals surface area contributed by atoms with Crippen LogP contribution in [0.1, 0.15) is 5.56 Å².